The summed E-state index contributed by atoms with van der Waals surface area (Å²) in [5, 5.41) is 0. The van der Waals surface area contributed by atoms with Crippen LogP contribution in [-0.4, -0.2) is 36.5 Å². The number of rotatable bonds is 4. The molecule has 0 spiro atoms. The van der Waals surface area contributed by atoms with Crippen molar-refractivity contribution in [3.63, 3.8) is 0 Å². The molecule has 1 saturated heterocycles. The molecule has 114 valence electrons. The summed E-state index contributed by atoms with van der Waals surface area (Å²) in [6.07, 6.45) is 1.40. The third-order valence-corrected chi connectivity index (χ3v) is 4.10. The van der Waals surface area contributed by atoms with Crippen LogP contribution in [0.3, 0.4) is 0 Å². The summed E-state index contributed by atoms with van der Waals surface area (Å²) in [6, 6.07) is 9.81. The van der Waals surface area contributed by atoms with Crippen LogP contribution in [-0.2, 0) is 14.3 Å². The van der Waals surface area contributed by atoms with Crippen molar-refractivity contribution in [3.8, 4) is 0 Å². The zero-order valence-electron chi connectivity index (χ0n) is 12.7. The van der Waals surface area contributed by atoms with Crippen molar-refractivity contribution in [1.82, 2.24) is 4.90 Å². The highest BCUT2D eigenvalue weighted by molar-refractivity contribution is 5.83. The number of likely N-dealkylation sites (tertiary alicyclic amines) is 1. The van der Waals surface area contributed by atoms with Crippen LogP contribution in [0.2, 0.25) is 0 Å². The number of ether oxygens (including phenoxy) is 1. The van der Waals surface area contributed by atoms with E-state index in [0.29, 0.717) is 32.5 Å². The van der Waals surface area contributed by atoms with Gasteiger partial charge in [0.25, 0.3) is 0 Å². The molecule has 21 heavy (non-hydrogen) atoms. The van der Waals surface area contributed by atoms with E-state index in [4.69, 9.17) is 4.74 Å². The maximum atomic E-state index is 12.5. The smallest absolute Gasteiger partial charge is 0.309 e. The van der Waals surface area contributed by atoms with Crippen molar-refractivity contribution in [1.29, 1.82) is 0 Å². The Bertz CT molecular complexity index is 478. The third kappa shape index (κ3) is 3.84. The van der Waals surface area contributed by atoms with Gasteiger partial charge in [0, 0.05) is 13.1 Å². The maximum absolute atomic E-state index is 12.5. The van der Waals surface area contributed by atoms with E-state index in [1.807, 2.05) is 49.1 Å². The number of carbonyl (C=O) groups excluding carboxylic acids is 2. The Kier molecular flexibility index (Phi) is 5.37. The van der Waals surface area contributed by atoms with Crippen molar-refractivity contribution in [2.45, 2.75) is 32.6 Å². The molecule has 1 amide bonds. The van der Waals surface area contributed by atoms with Gasteiger partial charge in [-0.2, -0.15) is 0 Å². The van der Waals surface area contributed by atoms with Crippen LogP contribution < -0.4 is 0 Å². The molecule has 1 aliphatic heterocycles. The molecule has 1 unspecified atom stereocenters. The molecule has 0 aliphatic carbocycles. The van der Waals surface area contributed by atoms with E-state index in [-0.39, 0.29) is 23.7 Å². The molecular weight excluding hydrogens is 266 g/mol. The normalized spacial score (nSPS) is 17.3. The highest BCUT2D eigenvalue weighted by Gasteiger charge is 2.30. The van der Waals surface area contributed by atoms with Gasteiger partial charge in [0.1, 0.15) is 0 Å². The molecule has 0 bridgehead atoms. The summed E-state index contributed by atoms with van der Waals surface area (Å²) in [5.41, 5.74) is 1.04. The molecular formula is C17H23NO3. The summed E-state index contributed by atoms with van der Waals surface area (Å²) in [6.45, 7) is 5.45. The van der Waals surface area contributed by atoms with Crippen LogP contribution >= 0.6 is 0 Å². The number of esters is 1. The summed E-state index contributed by atoms with van der Waals surface area (Å²) in [5.74, 6) is -0.171. The second-order valence-electron chi connectivity index (χ2n) is 5.48. The molecule has 0 saturated carbocycles. The fraction of sp³-hybridized carbons (Fsp3) is 0.529. The summed E-state index contributed by atoms with van der Waals surface area (Å²) < 4.78 is 5.05. The molecule has 1 aliphatic rings. The Morgan fingerprint density at radius 3 is 2.43 bits per heavy atom. The molecule has 0 aromatic heterocycles. The second-order valence-corrected chi connectivity index (χ2v) is 5.48. The van der Waals surface area contributed by atoms with Crippen molar-refractivity contribution in [2.75, 3.05) is 19.7 Å². The highest BCUT2D eigenvalue weighted by atomic mass is 16.5. The first-order valence-corrected chi connectivity index (χ1v) is 7.63. The number of amides is 1. The van der Waals surface area contributed by atoms with Crippen molar-refractivity contribution < 1.29 is 14.3 Å². The van der Waals surface area contributed by atoms with Crippen LogP contribution in [0.25, 0.3) is 0 Å². The molecule has 1 atom stereocenters. The van der Waals surface area contributed by atoms with Gasteiger partial charge in [-0.05, 0) is 32.3 Å². The number of carbonyl (C=O) groups is 2. The van der Waals surface area contributed by atoms with Gasteiger partial charge in [0.15, 0.2) is 0 Å². The Morgan fingerprint density at radius 2 is 1.86 bits per heavy atom. The molecule has 1 fully saturated rings. The van der Waals surface area contributed by atoms with Gasteiger partial charge in [-0.25, -0.2) is 0 Å². The van der Waals surface area contributed by atoms with Gasteiger partial charge in [-0.15, -0.1) is 0 Å². The first-order chi connectivity index (χ1) is 10.1. The minimum Gasteiger partial charge on any atom is -0.466 e. The Hall–Kier alpha value is -1.84. The highest BCUT2D eigenvalue weighted by Crippen LogP contribution is 2.23. The van der Waals surface area contributed by atoms with Crippen LogP contribution in [0, 0.1) is 5.92 Å². The van der Waals surface area contributed by atoms with Gasteiger partial charge in [0.05, 0.1) is 18.4 Å². The lowest BCUT2D eigenvalue weighted by Crippen LogP contribution is -2.42. The lowest BCUT2D eigenvalue weighted by atomic mass is 9.94. The van der Waals surface area contributed by atoms with Gasteiger partial charge >= 0.3 is 5.97 Å². The number of hydrogen-bond acceptors (Lipinski definition) is 3. The number of piperidine rings is 1. The molecule has 0 N–H and O–H groups in total. The van der Waals surface area contributed by atoms with E-state index in [1.54, 1.807) is 0 Å². The van der Waals surface area contributed by atoms with Gasteiger partial charge in [-0.1, -0.05) is 30.3 Å². The molecule has 0 radical (unpaired) electrons. The van der Waals surface area contributed by atoms with Crippen LogP contribution in [0.15, 0.2) is 30.3 Å². The van der Waals surface area contributed by atoms with E-state index in [2.05, 4.69) is 0 Å². The van der Waals surface area contributed by atoms with Crippen molar-refractivity contribution >= 4 is 11.9 Å². The topological polar surface area (TPSA) is 46.6 Å². The fourth-order valence-electron chi connectivity index (χ4n) is 2.75. The molecule has 1 aromatic carbocycles. The monoisotopic (exact) mass is 289 g/mol. The van der Waals surface area contributed by atoms with Crippen LogP contribution in [0.5, 0.6) is 0 Å². The molecule has 4 heteroatoms. The number of benzene rings is 1. The molecule has 1 heterocycles. The lowest BCUT2D eigenvalue weighted by molar-refractivity contribution is -0.151. The average Bonchev–Trinajstić information content (AvgIpc) is 2.54. The predicted molar refractivity (Wildman–Crippen MR) is 80.8 cm³/mol. The van der Waals surface area contributed by atoms with Gasteiger partial charge in [-0.3, -0.25) is 9.59 Å². The zero-order valence-corrected chi connectivity index (χ0v) is 12.7. The minimum atomic E-state index is -0.134. The van der Waals surface area contributed by atoms with E-state index in [9.17, 15) is 9.59 Å². The number of hydrogen-bond donors (Lipinski definition) is 0. The Morgan fingerprint density at radius 1 is 1.24 bits per heavy atom. The maximum Gasteiger partial charge on any atom is 0.309 e. The third-order valence-electron chi connectivity index (χ3n) is 4.10. The summed E-state index contributed by atoms with van der Waals surface area (Å²) >= 11 is 0. The molecule has 2 rings (SSSR count). The SMILES string of the molecule is CCOC(=O)C1CCN(C(=O)C(C)c2ccccc2)CC1. The summed E-state index contributed by atoms with van der Waals surface area (Å²) in [7, 11) is 0. The van der Waals surface area contributed by atoms with E-state index >= 15 is 0 Å². The predicted octanol–water partition coefficient (Wildman–Crippen LogP) is 2.59. The van der Waals surface area contributed by atoms with E-state index in [0.717, 1.165) is 5.56 Å². The van der Waals surface area contributed by atoms with Crippen LogP contribution in [0.1, 0.15) is 38.2 Å². The van der Waals surface area contributed by atoms with Crippen LogP contribution in [0.4, 0.5) is 0 Å². The summed E-state index contributed by atoms with van der Waals surface area (Å²) in [4.78, 5) is 26.1. The first kappa shape index (κ1) is 15.5. The average molecular weight is 289 g/mol. The quantitative estimate of drug-likeness (QED) is 0.800. The Balaban J connectivity index is 1.90. The molecule has 4 nitrogen and oxygen atoms in total. The van der Waals surface area contributed by atoms with E-state index in [1.165, 1.54) is 0 Å². The number of nitrogens with zero attached hydrogens (tertiary/aromatic N) is 1. The second kappa shape index (κ2) is 7.25. The van der Waals surface area contributed by atoms with Gasteiger partial charge in [0.2, 0.25) is 5.91 Å². The van der Waals surface area contributed by atoms with E-state index < -0.39 is 0 Å². The van der Waals surface area contributed by atoms with Gasteiger partial charge < -0.3 is 9.64 Å². The zero-order chi connectivity index (χ0) is 15.2. The largest absolute Gasteiger partial charge is 0.466 e. The van der Waals surface area contributed by atoms with Crippen molar-refractivity contribution in [2.24, 2.45) is 5.92 Å². The van der Waals surface area contributed by atoms with Crippen molar-refractivity contribution in [3.05, 3.63) is 35.9 Å². The Labute approximate surface area is 126 Å². The lowest BCUT2D eigenvalue weighted by Gasteiger charge is -2.32. The molecule has 1 aromatic rings. The first-order valence-electron chi connectivity index (χ1n) is 7.63. The minimum absolute atomic E-state index is 0.0546. The fourth-order valence-corrected chi connectivity index (χ4v) is 2.75. The standard InChI is InChI=1S/C17H23NO3/c1-3-21-17(20)15-9-11-18(12-10-15)16(19)13(2)14-7-5-4-6-8-14/h4-8,13,15H,3,9-12H2,1-2H3.